The molecule has 1 aromatic carbocycles. The minimum absolute atomic E-state index is 0.0699. The van der Waals surface area contributed by atoms with Gasteiger partial charge in [-0.2, -0.15) is 4.31 Å². The Morgan fingerprint density at radius 2 is 1.76 bits per heavy atom. The summed E-state index contributed by atoms with van der Waals surface area (Å²) < 4.78 is 26.3. The Balaban J connectivity index is 2.14. The van der Waals surface area contributed by atoms with E-state index >= 15 is 0 Å². The van der Waals surface area contributed by atoms with Crippen LogP contribution in [0, 0.1) is 0 Å². The van der Waals surface area contributed by atoms with E-state index < -0.39 is 10.0 Å². The van der Waals surface area contributed by atoms with Crippen LogP contribution in [0.25, 0.3) is 0 Å². The van der Waals surface area contributed by atoms with Crippen molar-refractivity contribution >= 4 is 39.1 Å². The highest BCUT2D eigenvalue weighted by Crippen LogP contribution is 2.26. The number of piperazine rings is 1. The molecule has 1 aliphatic heterocycles. The molecule has 6 nitrogen and oxygen atoms in total. The van der Waals surface area contributed by atoms with Crippen LogP contribution in [0.2, 0.25) is 10.0 Å². The number of hydrogen-bond acceptors (Lipinski definition) is 4. The Morgan fingerprint density at radius 1 is 1.14 bits per heavy atom. The maximum absolute atomic E-state index is 12.5. The summed E-state index contributed by atoms with van der Waals surface area (Å²) in [6.45, 7) is 1.05. The summed E-state index contributed by atoms with van der Waals surface area (Å²) in [6.07, 6.45) is 0. The van der Waals surface area contributed by atoms with Gasteiger partial charge in [-0.15, -0.1) is 0 Å². The van der Waals surface area contributed by atoms with Crippen LogP contribution in [-0.4, -0.2) is 56.3 Å². The van der Waals surface area contributed by atoms with Crippen molar-refractivity contribution in [1.82, 2.24) is 9.21 Å². The zero-order valence-corrected chi connectivity index (χ0v) is 13.5. The largest absolute Gasteiger partial charge is 0.339 e. The predicted octanol–water partition coefficient (Wildman–Crippen LogP) is 0.785. The molecule has 0 bridgehead atoms. The molecule has 0 radical (unpaired) electrons. The van der Waals surface area contributed by atoms with E-state index in [1.807, 2.05) is 0 Å². The van der Waals surface area contributed by atoms with Gasteiger partial charge in [-0.1, -0.05) is 23.2 Å². The number of carbonyl (C=O) groups excluding carboxylic acids is 1. The van der Waals surface area contributed by atoms with Crippen LogP contribution < -0.4 is 5.73 Å². The number of benzene rings is 1. The van der Waals surface area contributed by atoms with Crippen LogP contribution in [0.15, 0.2) is 23.1 Å². The van der Waals surface area contributed by atoms with Gasteiger partial charge in [0.15, 0.2) is 0 Å². The molecule has 0 atom stereocenters. The van der Waals surface area contributed by atoms with Crippen molar-refractivity contribution in [3.05, 3.63) is 28.2 Å². The first-order valence-electron chi connectivity index (χ1n) is 6.29. The summed E-state index contributed by atoms with van der Waals surface area (Å²) in [6, 6.07) is 4.20. The number of nitrogens with two attached hydrogens (primary N) is 1. The minimum Gasteiger partial charge on any atom is -0.339 e. The quantitative estimate of drug-likeness (QED) is 0.872. The first kappa shape index (κ1) is 16.5. The van der Waals surface area contributed by atoms with E-state index in [1.54, 1.807) is 4.90 Å². The second-order valence-corrected chi connectivity index (χ2v) is 7.32. The van der Waals surface area contributed by atoms with Gasteiger partial charge in [-0.3, -0.25) is 4.79 Å². The summed E-state index contributed by atoms with van der Waals surface area (Å²) in [5.74, 6) is -0.179. The van der Waals surface area contributed by atoms with Gasteiger partial charge in [0.25, 0.3) is 0 Å². The molecule has 116 valence electrons. The first-order chi connectivity index (χ1) is 9.86. The van der Waals surface area contributed by atoms with Crippen molar-refractivity contribution < 1.29 is 13.2 Å². The van der Waals surface area contributed by atoms with Gasteiger partial charge in [0.1, 0.15) is 0 Å². The van der Waals surface area contributed by atoms with Gasteiger partial charge in [0.2, 0.25) is 15.9 Å². The number of hydrogen-bond donors (Lipinski definition) is 1. The zero-order valence-electron chi connectivity index (χ0n) is 11.1. The van der Waals surface area contributed by atoms with Crippen LogP contribution in [0.5, 0.6) is 0 Å². The predicted molar refractivity (Wildman–Crippen MR) is 80.9 cm³/mol. The molecule has 1 fully saturated rings. The molecule has 1 aromatic rings. The summed E-state index contributed by atoms with van der Waals surface area (Å²) in [5.41, 5.74) is 5.29. The topological polar surface area (TPSA) is 83.7 Å². The molecule has 1 saturated heterocycles. The van der Waals surface area contributed by atoms with E-state index in [1.165, 1.54) is 22.5 Å². The van der Waals surface area contributed by atoms with E-state index in [2.05, 4.69) is 0 Å². The second-order valence-electron chi connectivity index (χ2n) is 4.56. The third kappa shape index (κ3) is 3.49. The summed E-state index contributed by atoms with van der Waals surface area (Å²) in [4.78, 5) is 13.1. The molecule has 1 amide bonds. The lowest BCUT2D eigenvalue weighted by molar-refractivity contribution is -0.130. The molecule has 1 heterocycles. The zero-order chi connectivity index (χ0) is 15.6. The Hall–Kier alpha value is -0.860. The van der Waals surface area contributed by atoms with Crippen molar-refractivity contribution in [2.45, 2.75) is 4.90 Å². The molecular formula is C12H15Cl2N3O3S. The third-order valence-electron chi connectivity index (χ3n) is 3.29. The van der Waals surface area contributed by atoms with Crippen LogP contribution in [0.1, 0.15) is 0 Å². The number of nitrogens with zero attached hydrogens (tertiary/aromatic N) is 2. The van der Waals surface area contributed by atoms with E-state index in [0.717, 1.165) is 0 Å². The number of carbonyl (C=O) groups is 1. The lowest BCUT2D eigenvalue weighted by Gasteiger charge is -2.33. The lowest BCUT2D eigenvalue weighted by atomic mass is 10.3. The lowest BCUT2D eigenvalue weighted by Crippen LogP contribution is -2.51. The molecule has 0 aromatic heterocycles. The van der Waals surface area contributed by atoms with Crippen molar-refractivity contribution in [2.24, 2.45) is 5.73 Å². The van der Waals surface area contributed by atoms with Gasteiger partial charge in [-0.05, 0) is 18.2 Å². The molecule has 2 N–H and O–H groups in total. The highest BCUT2D eigenvalue weighted by Gasteiger charge is 2.30. The van der Waals surface area contributed by atoms with E-state index in [9.17, 15) is 13.2 Å². The Kier molecular flexibility index (Phi) is 5.11. The Bertz CT molecular complexity index is 643. The summed E-state index contributed by atoms with van der Waals surface area (Å²) in [7, 11) is -3.64. The maximum atomic E-state index is 12.5. The van der Waals surface area contributed by atoms with Gasteiger partial charge in [0.05, 0.1) is 21.5 Å². The van der Waals surface area contributed by atoms with Crippen molar-refractivity contribution in [2.75, 3.05) is 32.7 Å². The number of sulfonamides is 1. The summed E-state index contributed by atoms with van der Waals surface area (Å²) >= 11 is 11.7. The fourth-order valence-corrected chi connectivity index (χ4v) is 3.91. The molecule has 21 heavy (non-hydrogen) atoms. The SMILES string of the molecule is NCC(=O)N1CCN(S(=O)(=O)c2ccc(Cl)c(Cl)c2)CC1. The molecule has 0 aliphatic carbocycles. The van der Waals surface area contributed by atoms with Gasteiger partial charge >= 0.3 is 0 Å². The highest BCUT2D eigenvalue weighted by atomic mass is 35.5. The monoisotopic (exact) mass is 351 g/mol. The minimum atomic E-state index is -3.64. The normalized spacial score (nSPS) is 17.0. The van der Waals surface area contributed by atoms with Crippen LogP contribution >= 0.6 is 23.2 Å². The molecule has 0 unspecified atom stereocenters. The van der Waals surface area contributed by atoms with Crippen LogP contribution in [0.3, 0.4) is 0 Å². The van der Waals surface area contributed by atoms with Gasteiger partial charge < -0.3 is 10.6 Å². The standard InChI is InChI=1S/C12H15Cl2N3O3S/c13-10-2-1-9(7-11(10)14)21(19,20)17-5-3-16(4-6-17)12(18)8-15/h1-2,7H,3-6,8,15H2. The molecule has 2 rings (SSSR count). The van der Waals surface area contributed by atoms with Gasteiger partial charge in [0, 0.05) is 26.2 Å². The van der Waals surface area contributed by atoms with E-state index in [0.29, 0.717) is 18.1 Å². The maximum Gasteiger partial charge on any atom is 0.243 e. The highest BCUT2D eigenvalue weighted by molar-refractivity contribution is 7.89. The number of amides is 1. The number of halogens is 2. The smallest absolute Gasteiger partial charge is 0.243 e. The van der Waals surface area contributed by atoms with E-state index in [4.69, 9.17) is 28.9 Å². The average molecular weight is 352 g/mol. The molecule has 9 heteroatoms. The third-order valence-corrected chi connectivity index (χ3v) is 5.93. The van der Waals surface area contributed by atoms with Crippen LogP contribution in [0.4, 0.5) is 0 Å². The molecular weight excluding hydrogens is 337 g/mol. The molecule has 0 saturated carbocycles. The fourth-order valence-electron chi connectivity index (χ4n) is 2.09. The van der Waals surface area contributed by atoms with Crippen molar-refractivity contribution in [3.8, 4) is 0 Å². The fraction of sp³-hybridized carbons (Fsp3) is 0.417. The Labute approximate surface area is 133 Å². The van der Waals surface area contributed by atoms with Gasteiger partial charge in [-0.25, -0.2) is 8.42 Å². The second kappa shape index (κ2) is 6.50. The average Bonchev–Trinajstić information content (AvgIpc) is 2.49. The van der Waals surface area contributed by atoms with E-state index in [-0.39, 0.29) is 35.5 Å². The molecule has 1 aliphatic rings. The van der Waals surface area contributed by atoms with Crippen molar-refractivity contribution in [1.29, 1.82) is 0 Å². The van der Waals surface area contributed by atoms with Crippen molar-refractivity contribution in [3.63, 3.8) is 0 Å². The number of rotatable bonds is 3. The molecule has 0 spiro atoms. The van der Waals surface area contributed by atoms with Crippen LogP contribution in [-0.2, 0) is 14.8 Å². The summed E-state index contributed by atoms with van der Waals surface area (Å²) in [5, 5.41) is 0.490. The first-order valence-corrected chi connectivity index (χ1v) is 8.49. The Morgan fingerprint density at radius 3 is 2.29 bits per heavy atom.